The number of hydrogen-bond donors (Lipinski definition) is 2. The second-order valence-electron chi connectivity index (χ2n) is 8.06. The molecule has 32 heavy (non-hydrogen) atoms. The molecular formula is C24H38IN5O2. The second kappa shape index (κ2) is 14.5. The fourth-order valence-corrected chi connectivity index (χ4v) is 3.70. The van der Waals surface area contributed by atoms with Gasteiger partial charge in [-0.1, -0.05) is 30.3 Å². The molecular weight excluding hydrogens is 517 g/mol. The molecule has 0 radical (unpaired) electrons. The van der Waals surface area contributed by atoms with E-state index in [-0.39, 0.29) is 24.0 Å². The highest BCUT2D eigenvalue weighted by atomic mass is 127. The average molecular weight is 556 g/mol. The van der Waals surface area contributed by atoms with E-state index in [4.69, 9.17) is 9.15 Å². The molecule has 1 aliphatic rings. The fourth-order valence-electron chi connectivity index (χ4n) is 3.70. The Morgan fingerprint density at radius 3 is 2.59 bits per heavy atom. The number of rotatable bonds is 10. The third-order valence-electron chi connectivity index (χ3n) is 5.54. The third-order valence-corrected chi connectivity index (χ3v) is 5.54. The van der Waals surface area contributed by atoms with E-state index in [1.807, 2.05) is 13.8 Å². The van der Waals surface area contributed by atoms with Gasteiger partial charge in [-0.2, -0.15) is 0 Å². The number of nitrogens with zero attached hydrogens (tertiary/aromatic N) is 3. The number of benzene rings is 1. The maximum absolute atomic E-state index is 6.12. The number of guanidine groups is 1. The quantitative estimate of drug-likeness (QED) is 0.200. The van der Waals surface area contributed by atoms with Gasteiger partial charge in [0.05, 0.1) is 11.8 Å². The van der Waals surface area contributed by atoms with Crippen LogP contribution in [-0.2, 0) is 17.8 Å². The van der Waals surface area contributed by atoms with Gasteiger partial charge in [0.15, 0.2) is 5.96 Å². The van der Waals surface area contributed by atoms with Crippen LogP contribution in [0.25, 0.3) is 0 Å². The molecule has 2 N–H and O–H groups in total. The lowest BCUT2D eigenvalue weighted by Gasteiger charge is -2.32. The van der Waals surface area contributed by atoms with Crippen molar-refractivity contribution in [3.63, 3.8) is 0 Å². The van der Waals surface area contributed by atoms with Crippen LogP contribution < -0.4 is 10.6 Å². The van der Waals surface area contributed by atoms with Gasteiger partial charge in [0.1, 0.15) is 12.3 Å². The Balaban J connectivity index is 0.00000363. The first-order chi connectivity index (χ1) is 15.1. The van der Waals surface area contributed by atoms with E-state index in [9.17, 15) is 0 Å². The van der Waals surface area contributed by atoms with E-state index in [1.54, 1.807) is 0 Å². The minimum absolute atomic E-state index is 0. The number of aliphatic imine (C=N–C) groups is 1. The van der Waals surface area contributed by atoms with Crippen molar-refractivity contribution in [1.29, 1.82) is 0 Å². The van der Waals surface area contributed by atoms with Gasteiger partial charge in [-0.15, -0.1) is 24.0 Å². The maximum atomic E-state index is 6.12. The summed E-state index contributed by atoms with van der Waals surface area (Å²) in [6.45, 7) is 12.0. The minimum atomic E-state index is 0. The number of nitrogens with one attached hydrogen (secondary N) is 2. The summed E-state index contributed by atoms with van der Waals surface area (Å²) in [6, 6.07) is 10.7. The highest BCUT2D eigenvalue weighted by molar-refractivity contribution is 14.0. The predicted octanol–water partition coefficient (Wildman–Crippen LogP) is 4.04. The lowest BCUT2D eigenvalue weighted by atomic mass is 10.1. The van der Waals surface area contributed by atoms with Gasteiger partial charge in [-0.25, -0.2) is 9.98 Å². The van der Waals surface area contributed by atoms with E-state index in [1.165, 1.54) is 5.56 Å². The van der Waals surface area contributed by atoms with Crippen molar-refractivity contribution in [2.45, 2.75) is 59.2 Å². The number of piperidine rings is 1. The average Bonchev–Trinajstić information content (AvgIpc) is 3.11. The standard InChI is InChI=1S/C24H37N5O2.HI/c1-4-25-24(27-17-23-28-19(2)20(3)31-23)26-13-8-16-30-22-11-14-29(15-12-22)18-21-9-6-5-7-10-21;/h5-7,9-10,22H,4,8,11-18H2,1-3H3,(H2,25,26,27);1H. The first-order valence-electron chi connectivity index (χ1n) is 11.5. The molecule has 2 aromatic rings. The molecule has 7 nitrogen and oxygen atoms in total. The monoisotopic (exact) mass is 555 g/mol. The molecule has 0 unspecified atom stereocenters. The van der Waals surface area contributed by atoms with Crippen LogP contribution in [0.3, 0.4) is 0 Å². The summed E-state index contributed by atoms with van der Waals surface area (Å²) in [6.07, 6.45) is 3.55. The Morgan fingerprint density at radius 1 is 1.19 bits per heavy atom. The highest BCUT2D eigenvalue weighted by Crippen LogP contribution is 2.16. The smallest absolute Gasteiger partial charge is 0.216 e. The van der Waals surface area contributed by atoms with Gasteiger partial charge in [-0.3, -0.25) is 4.90 Å². The number of aryl methyl sites for hydroxylation is 2. The molecule has 0 aliphatic carbocycles. The molecule has 0 atom stereocenters. The normalized spacial score (nSPS) is 15.4. The number of halogens is 1. The maximum Gasteiger partial charge on any atom is 0.216 e. The second-order valence-corrected chi connectivity index (χ2v) is 8.06. The van der Waals surface area contributed by atoms with Crippen LogP contribution in [0.2, 0.25) is 0 Å². The highest BCUT2D eigenvalue weighted by Gasteiger charge is 2.19. The van der Waals surface area contributed by atoms with Gasteiger partial charge in [0.2, 0.25) is 5.89 Å². The van der Waals surface area contributed by atoms with E-state index >= 15 is 0 Å². The van der Waals surface area contributed by atoms with Gasteiger partial charge in [0, 0.05) is 39.3 Å². The molecule has 3 rings (SSSR count). The molecule has 1 aromatic carbocycles. The molecule has 0 spiro atoms. The molecule has 2 heterocycles. The minimum Gasteiger partial charge on any atom is -0.444 e. The number of hydrogen-bond acceptors (Lipinski definition) is 5. The number of aromatic nitrogens is 1. The van der Waals surface area contributed by atoms with Crippen LogP contribution in [0.5, 0.6) is 0 Å². The van der Waals surface area contributed by atoms with Gasteiger partial charge >= 0.3 is 0 Å². The molecule has 8 heteroatoms. The Morgan fingerprint density at radius 2 is 1.94 bits per heavy atom. The SMILES string of the molecule is CCNC(=NCc1nc(C)c(C)o1)NCCCOC1CCN(Cc2ccccc2)CC1.I. The van der Waals surface area contributed by atoms with E-state index in [2.05, 4.69) is 62.8 Å². The van der Waals surface area contributed by atoms with Gasteiger partial charge in [-0.05, 0) is 45.6 Å². The van der Waals surface area contributed by atoms with Crippen LogP contribution in [0.4, 0.5) is 0 Å². The zero-order valence-corrected chi connectivity index (χ0v) is 21.9. The first kappa shape index (κ1) is 26.6. The molecule has 0 saturated carbocycles. The molecule has 1 saturated heterocycles. The van der Waals surface area contributed by atoms with Crippen LogP contribution in [-0.4, -0.2) is 54.7 Å². The van der Waals surface area contributed by atoms with Crippen molar-refractivity contribution >= 4 is 29.9 Å². The van der Waals surface area contributed by atoms with Crippen molar-refractivity contribution in [2.75, 3.05) is 32.8 Å². The Labute approximate surface area is 209 Å². The van der Waals surface area contributed by atoms with Gasteiger partial charge in [0.25, 0.3) is 0 Å². The van der Waals surface area contributed by atoms with Crippen molar-refractivity contribution < 1.29 is 9.15 Å². The molecule has 1 aromatic heterocycles. The van der Waals surface area contributed by atoms with Gasteiger partial charge < -0.3 is 19.8 Å². The fraction of sp³-hybridized carbons (Fsp3) is 0.583. The molecule has 0 bridgehead atoms. The third kappa shape index (κ3) is 9.07. The van der Waals surface area contributed by atoms with E-state index in [0.717, 1.165) is 76.0 Å². The largest absolute Gasteiger partial charge is 0.444 e. The molecule has 1 aliphatic heterocycles. The zero-order valence-electron chi connectivity index (χ0n) is 19.6. The van der Waals surface area contributed by atoms with Crippen LogP contribution in [0.1, 0.15) is 49.1 Å². The number of likely N-dealkylation sites (tertiary alicyclic amines) is 1. The lowest BCUT2D eigenvalue weighted by Crippen LogP contribution is -2.38. The van der Waals surface area contributed by atoms with Crippen molar-refractivity contribution in [2.24, 2.45) is 4.99 Å². The first-order valence-corrected chi connectivity index (χ1v) is 11.5. The topological polar surface area (TPSA) is 74.9 Å². The molecule has 1 fully saturated rings. The summed E-state index contributed by atoms with van der Waals surface area (Å²) in [7, 11) is 0. The summed E-state index contributed by atoms with van der Waals surface area (Å²) < 4.78 is 11.7. The Hall–Kier alpha value is -1.65. The van der Waals surface area contributed by atoms with Crippen LogP contribution in [0.15, 0.2) is 39.7 Å². The Kier molecular flexibility index (Phi) is 12.0. The van der Waals surface area contributed by atoms with Crippen LogP contribution >= 0.6 is 24.0 Å². The van der Waals surface area contributed by atoms with Crippen molar-refractivity contribution in [1.82, 2.24) is 20.5 Å². The number of oxazole rings is 1. The summed E-state index contributed by atoms with van der Waals surface area (Å²) in [4.78, 5) is 11.5. The summed E-state index contributed by atoms with van der Waals surface area (Å²) in [5, 5.41) is 6.63. The van der Waals surface area contributed by atoms with Crippen molar-refractivity contribution in [3.05, 3.63) is 53.2 Å². The summed E-state index contributed by atoms with van der Waals surface area (Å²) >= 11 is 0. The summed E-state index contributed by atoms with van der Waals surface area (Å²) in [5.41, 5.74) is 2.31. The summed E-state index contributed by atoms with van der Waals surface area (Å²) in [5.74, 6) is 2.28. The lowest BCUT2D eigenvalue weighted by molar-refractivity contribution is 0.00534. The predicted molar refractivity (Wildman–Crippen MR) is 140 cm³/mol. The number of ether oxygens (including phenoxy) is 1. The van der Waals surface area contributed by atoms with Crippen molar-refractivity contribution in [3.8, 4) is 0 Å². The Bertz CT molecular complexity index is 784. The van der Waals surface area contributed by atoms with E-state index in [0.29, 0.717) is 18.5 Å². The molecule has 0 amide bonds. The van der Waals surface area contributed by atoms with E-state index < -0.39 is 0 Å². The molecule has 178 valence electrons. The van der Waals surface area contributed by atoms with Crippen LogP contribution in [0, 0.1) is 13.8 Å². The zero-order chi connectivity index (χ0) is 21.9.